The maximum atomic E-state index is 12.0. The van der Waals surface area contributed by atoms with Crippen molar-refractivity contribution in [2.75, 3.05) is 26.2 Å². The second-order valence-electron chi connectivity index (χ2n) is 4.31. The zero-order chi connectivity index (χ0) is 10.8. The van der Waals surface area contributed by atoms with Gasteiger partial charge in [0.15, 0.2) is 0 Å². The Bertz CT molecular complexity index is 275. The lowest BCUT2D eigenvalue weighted by Crippen LogP contribution is -2.39. The van der Waals surface area contributed by atoms with E-state index in [4.69, 9.17) is 0 Å². The third-order valence-electron chi connectivity index (χ3n) is 2.41. The maximum absolute atomic E-state index is 12.0. The molecule has 1 aliphatic rings. The molecule has 1 atom stereocenters. The first-order valence-electron chi connectivity index (χ1n) is 5.14. The number of nitrogens with zero attached hydrogens (tertiary/aromatic N) is 1. The van der Waals surface area contributed by atoms with E-state index in [9.17, 15) is 8.42 Å². The summed E-state index contributed by atoms with van der Waals surface area (Å²) in [5, 5.41) is 2.83. The number of rotatable bonds is 2. The second kappa shape index (κ2) is 4.59. The summed E-state index contributed by atoms with van der Waals surface area (Å²) in [5.74, 6) is 0.384. The van der Waals surface area contributed by atoms with Crippen molar-refractivity contribution >= 4 is 10.0 Å². The van der Waals surface area contributed by atoms with E-state index in [0.717, 1.165) is 6.54 Å². The van der Waals surface area contributed by atoms with Crippen LogP contribution in [-0.2, 0) is 10.0 Å². The van der Waals surface area contributed by atoms with Crippen LogP contribution in [0.4, 0.5) is 0 Å². The zero-order valence-electron chi connectivity index (χ0n) is 9.16. The fraction of sp³-hybridized carbons (Fsp3) is 1.00. The monoisotopic (exact) mass is 220 g/mol. The lowest BCUT2D eigenvalue weighted by Gasteiger charge is -2.23. The van der Waals surface area contributed by atoms with Gasteiger partial charge in [-0.25, -0.2) is 12.7 Å². The molecule has 0 radical (unpaired) electrons. The van der Waals surface area contributed by atoms with Crippen LogP contribution in [0.15, 0.2) is 0 Å². The standard InChI is InChI=1S/C9H20N2O2S/c1-8(2)7-11-5-4-10-6-9(3)14(11,12)13/h8-10H,4-7H2,1-3H3. The minimum Gasteiger partial charge on any atom is -0.314 e. The maximum Gasteiger partial charge on any atom is 0.218 e. The zero-order valence-corrected chi connectivity index (χ0v) is 9.97. The molecule has 4 nitrogen and oxygen atoms in total. The summed E-state index contributed by atoms with van der Waals surface area (Å²) in [6.45, 7) is 8.41. The van der Waals surface area contributed by atoms with Crippen LogP contribution in [0.2, 0.25) is 0 Å². The molecule has 0 aromatic heterocycles. The van der Waals surface area contributed by atoms with E-state index in [2.05, 4.69) is 5.32 Å². The fourth-order valence-corrected chi connectivity index (χ4v) is 3.29. The van der Waals surface area contributed by atoms with Gasteiger partial charge in [0.1, 0.15) is 0 Å². The first-order chi connectivity index (χ1) is 6.44. The van der Waals surface area contributed by atoms with Crippen molar-refractivity contribution < 1.29 is 8.42 Å². The molecule has 1 aliphatic heterocycles. The van der Waals surface area contributed by atoms with Gasteiger partial charge in [0.2, 0.25) is 10.0 Å². The predicted octanol–water partition coefficient (Wildman–Crippen LogP) is 0.266. The Kier molecular flexibility index (Phi) is 3.92. The molecule has 0 aromatic rings. The number of hydrogen-bond acceptors (Lipinski definition) is 3. The van der Waals surface area contributed by atoms with E-state index in [-0.39, 0.29) is 5.25 Å². The van der Waals surface area contributed by atoms with Gasteiger partial charge in [0, 0.05) is 26.2 Å². The van der Waals surface area contributed by atoms with Crippen LogP contribution in [0, 0.1) is 5.92 Å². The summed E-state index contributed by atoms with van der Waals surface area (Å²) >= 11 is 0. The van der Waals surface area contributed by atoms with Crippen molar-refractivity contribution in [3.05, 3.63) is 0 Å². The summed E-state index contributed by atoms with van der Waals surface area (Å²) in [6.07, 6.45) is 0. The van der Waals surface area contributed by atoms with Gasteiger partial charge in [0.05, 0.1) is 5.25 Å². The first kappa shape index (κ1) is 11.9. The van der Waals surface area contributed by atoms with E-state index < -0.39 is 10.0 Å². The average molecular weight is 220 g/mol. The van der Waals surface area contributed by atoms with Crippen LogP contribution in [0.3, 0.4) is 0 Å². The van der Waals surface area contributed by atoms with Crippen molar-refractivity contribution in [2.45, 2.75) is 26.0 Å². The first-order valence-corrected chi connectivity index (χ1v) is 6.64. The van der Waals surface area contributed by atoms with Gasteiger partial charge in [0.25, 0.3) is 0 Å². The Morgan fingerprint density at radius 2 is 2.14 bits per heavy atom. The molecule has 1 N–H and O–H groups in total. The van der Waals surface area contributed by atoms with Gasteiger partial charge >= 0.3 is 0 Å². The molecule has 0 amide bonds. The van der Waals surface area contributed by atoms with Crippen molar-refractivity contribution in [2.24, 2.45) is 5.92 Å². The highest BCUT2D eigenvalue weighted by Gasteiger charge is 2.30. The van der Waals surface area contributed by atoms with Gasteiger partial charge in [-0.3, -0.25) is 0 Å². The van der Waals surface area contributed by atoms with Crippen molar-refractivity contribution in [1.29, 1.82) is 0 Å². The van der Waals surface area contributed by atoms with Crippen LogP contribution in [0.5, 0.6) is 0 Å². The van der Waals surface area contributed by atoms with Crippen LogP contribution in [-0.4, -0.2) is 44.2 Å². The molecular weight excluding hydrogens is 200 g/mol. The van der Waals surface area contributed by atoms with E-state index in [1.807, 2.05) is 13.8 Å². The highest BCUT2D eigenvalue weighted by Crippen LogP contribution is 2.12. The van der Waals surface area contributed by atoms with Gasteiger partial charge in [-0.2, -0.15) is 0 Å². The van der Waals surface area contributed by atoms with Crippen molar-refractivity contribution in [3.63, 3.8) is 0 Å². The number of hydrogen-bond donors (Lipinski definition) is 1. The van der Waals surface area contributed by atoms with Crippen LogP contribution >= 0.6 is 0 Å². The van der Waals surface area contributed by atoms with Crippen molar-refractivity contribution in [1.82, 2.24) is 9.62 Å². The Labute approximate surface area is 86.7 Å². The lowest BCUT2D eigenvalue weighted by atomic mass is 10.2. The third kappa shape index (κ3) is 2.68. The molecule has 1 saturated heterocycles. The van der Waals surface area contributed by atoms with Crippen molar-refractivity contribution in [3.8, 4) is 0 Å². The van der Waals surface area contributed by atoms with Gasteiger partial charge in [-0.15, -0.1) is 0 Å². The Balaban J connectivity index is 2.80. The van der Waals surface area contributed by atoms with E-state index in [0.29, 0.717) is 25.6 Å². The SMILES string of the molecule is CC(C)CN1CCNCC(C)S1(=O)=O. The molecule has 0 spiro atoms. The molecule has 1 heterocycles. The van der Waals surface area contributed by atoms with Gasteiger partial charge < -0.3 is 5.32 Å². The minimum absolute atomic E-state index is 0.302. The average Bonchev–Trinajstić information content (AvgIpc) is 2.17. The predicted molar refractivity (Wildman–Crippen MR) is 57.7 cm³/mol. The lowest BCUT2D eigenvalue weighted by molar-refractivity contribution is 0.373. The molecular formula is C9H20N2O2S. The molecule has 1 unspecified atom stereocenters. The van der Waals surface area contributed by atoms with E-state index in [1.54, 1.807) is 11.2 Å². The Hall–Kier alpha value is -0.130. The molecule has 84 valence electrons. The highest BCUT2D eigenvalue weighted by molar-refractivity contribution is 7.89. The van der Waals surface area contributed by atoms with Gasteiger partial charge in [-0.1, -0.05) is 13.8 Å². The minimum atomic E-state index is -3.06. The Morgan fingerprint density at radius 3 is 2.71 bits per heavy atom. The van der Waals surface area contributed by atoms with E-state index >= 15 is 0 Å². The molecule has 0 bridgehead atoms. The third-order valence-corrected chi connectivity index (χ3v) is 4.64. The largest absolute Gasteiger partial charge is 0.314 e. The summed E-state index contributed by atoms with van der Waals surface area (Å²) in [5.41, 5.74) is 0. The quantitative estimate of drug-likeness (QED) is 0.726. The summed E-state index contributed by atoms with van der Waals surface area (Å²) in [4.78, 5) is 0. The summed E-state index contributed by atoms with van der Waals surface area (Å²) in [6, 6.07) is 0. The molecule has 0 aliphatic carbocycles. The smallest absolute Gasteiger partial charge is 0.218 e. The van der Waals surface area contributed by atoms with Crippen LogP contribution < -0.4 is 5.32 Å². The molecule has 5 heteroatoms. The molecule has 1 rings (SSSR count). The summed E-state index contributed by atoms with van der Waals surface area (Å²) in [7, 11) is -3.06. The van der Waals surface area contributed by atoms with E-state index in [1.165, 1.54) is 0 Å². The molecule has 0 aromatic carbocycles. The number of nitrogens with one attached hydrogen (secondary N) is 1. The Morgan fingerprint density at radius 1 is 1.50 bits per heavy atom. The molecule has 14 heavy (non-hydrogen) atoms. The molecule has 1 fully saturated rings. The number of sulfonamides is 1. The highest BCUT2D eigenvalue weighted by atomic mass is 32.2. The second-order valence-corrected chi connectivity index (χ2v) is 6.66. The van der Waals surface area contributed by atoms with Crippen LogP contribution in [0.1, 0.15) is 20.8 Å². The normalized spacial score (nSPS) is 29.0. The summed E-state index contributed by atoms with van der Waals surface area (Å²) < 4.78 is 25.5. The fourth-order valence-electron chi connectivity index (χ4n) is 1.60. The van der Waals surface area contributed by atoms with Gasteiger partial charge in [-0.05, 0) is 12.8 Å². The van der Waals surface area contributed by atoms with Crippen LogP contribution in [0.25, 0.3) is 0 Å². The topological polar surface area (TPSA) is 49.4 Å². The molecule has 0 saturated carbocycles.